The molecule has 0 saturated carbocycles. The smallest absolute Gasteiger partial charge is 0.150 e. The molecular weight excluding hydrogens is 841 g/mol. The van der Waals surface area contributed by atoms with E-state index in [0.717, 1.165) is 138 Å². The molecule has 0 radical (unpaired) electrons. The monoisotopic (exact) mass is 878 g/mol. The van der Waals surface area contributed by atoms with Crippen molar-refractivity contribution >= 4 is 37.7 Å². The van der Waals surface area contributed by atoms with Gasteiger partial charge >= 0.3 is 0 Å². The van der Waals surface area contributed by atoms with Gasteiger partial charge in [-0.3, -0.25) is 28.8 Å². The summed E-state index contributed by atoms with van der Waals surface area (Å²) < 4.78 is 0. The van der Waals surface area contributed by atoms with Gasteiger partial charge in [0.1, 0.15) is 37.7 Å². The van der Waals surface area contributed by atoms with E-state index in [4.69, 9.17) is 0 Å². The van der Waals surface area contributed by atoms with Gasteiger partial charge in [0.2, 0.25) is 0 Å². The standard InChI is InChI=1S/C62H38O6/c63-31-37-1-13-43(14-2-37)49-25-55-56(26-50(49)44-15-3-38(32-64)4-16-44)62-59-29-53(47-21-9-41(35-67)10-22-47)51(45-17-5-39(33-65)6-18-45)27-57(59)61(55)58-28-52(46-19-7-40(34-66)8-20-46)54(30-60(58)62)48-23-11-42(36-68)12-24-48/h1-36,61-62H. The van der Waals surface area contributed by atoms with Gasteiger partial charge in [0.05, 0.1) is 0 Å². The van der Waals surface area contributed by atoms with E-state index in [2.05, 4.69) is 36.4 Å². The van der Waals surface area contributed by atoms with Crippen LogP contribution in [0.5, 0.6) is 0 Å². The molecular formula is C62H38O6. The van der Waals surface area contributed by atoms with E-state index in [1.807, 2.05) is 146 Å². The van der Waals surface area contributed by atoms with E-state index in [1.165, 1.54) is 0 Å². The summed E-state index contributed by atoms with van der Waals surface area (Å²) in [5, 5.41) is 0. The van der Waals surface area contributed by atoms with Crippen LogP contribution in [0.15, 0.2) is 182 Å². The summed E-state index contributed by atoms with van der Waals surface area (Å²) in [5.74, 6) is -0.531. The van der Waals surface area contributed by atoms with Crippen LogP contribution in [-0.4, -0.2) is 37.7 Å². The highest BCUT2D eigenvalue weighted by Gasteiger charge is 2.43. The Hall–Kier alpha value is -9.00. The fraction of sp³-hybridized carbons (Fsp3) is 0.0323. The van der Waals surface area contributed by atoms with E-state index in [0.29, 0.717) is 33.4 Å². The van der Waals surface area contributed by atoms with Crippen LogP contribution in [0.25, 0.3) is 66.8 Å². The van der Waals surface area contributed by atoms with Crippen LogP contribution in [0.2, 0.25) is 0 Å². The van der Waals surface area contributed by atoms with Gasteiger partial charge in [0.25, 0.3) is 0 Å². The van der Waals surface area contributed by atoms with Crippen molar-refractivity contribution in [2.45, 2.75) is 11.8 Å². The SMILES string of the molecule is O=Cc1ccc(-c2cc3c(cc2-c2ccc(C=O)cc2)C2c4cc(-c5ccc(C=O)cc5)c(-c5ccc(C=O)cc5)cc4C3c3cc(-c4ccc(C=O)cc4)c(-c4ccc(C=O)cc4)cc32)cc1. The highest BCUT2D eigenvalue weighted by Crippen LogP contribution is 2.60. The van der Waals surface area contributed by atoms with Crippen molar-refractivity contribution < 1.29 is 28.8 Å². The van der Waals surface area contributed by atoms with Crippen molar-refractivity contribution in [2.24, 2.45) is 0 Å². The Morgan fingerprint density at radius 3 is 0.456 bits per heavy atom. The maximum atomic E-state index is 11.8. The van der Waals surface area contributed by atoms with Crippen LogP contribution in [-0.2, 0) is 0 Å². The van der Waals surface area contributed by atoms with Gasteiger partial charge in [-0.05, 0) is 137 Å². The van der Waals surface area contributed by atoms with Crippen LogP contribution in [0.1, 0.15) is 107 Å². The summed E-state index contributed by atoms with van der Waals surface area (Å²) in [6.45, 7) is 0. The number of benzene rings is 9. The minimum Gasteiger partial charge on any atom is -0.298 e. The summed E-state index contributed by atoms with van der Waals surface area (Å²) >= 11 is 0. The molecule has 0 aliphatic heterocycles. The van der Waals surface area contributed by atoms with E-state index in [-0.39, 0.29) is 11.8 Å². The van der Waals surface area contributed by atoms with Crippen LogP contribution < -0.4 is 0 Å². The first-order valence-corrected chi connectivity index (χ1v) is 22.3. The van der Waals surface area contributed by atoms with Crippen molar-refractivity contribution in [1.29, 1.82) is 0 Å². The van der Waals surface area contributed by atoms with Gasteiger partial charge in [-0.2, -0.15) is 0 Å². The van der Waals surface area contributed by atoms with Gasteiger partial charge in [0.15, 0.2) is 0 Å². The lowest BCUT2D eigenvalue weighted by Crippen LogP contribution is -2.28. The Kier molecular flexibility index (Phi) is 10.5. The zero-order chi connectivity index (χ0) is 46.5. The number of rotatable bonds is 12. The van der Waals surface area contributed by atoms with Gasteiger partial charge in [-0.1, -0.05) is 146 Å². The summed E-state index contributed by atoms with van der Waals surface area (Å²) in [6.07, 6.45) is 5.04. The van der Waals surface area contributed by atoms with Crippen LogP contribution in [0.4, 0.5) is 0 Å². The maximum absolute atomic E-state index is 11.8. The molecule has 322 valence electrons. The fourth-order valence-electron chi connectivity index (χ4n) is 10.3. The van der Waals surface area contributed by atoms with Crippen molar-refractivity contribution in [3.8, 4) is 66.8 Å². The van der Waals surface area contributed by atoms with E-state index in [1.54, 1.807) is 0 Å². The molecule has 0 aromatic heterocycles. The Morgan fingerprint density at radius 2 is 0.338 bits per heavy atom. The first-order chi connectivity index (χ1) is 33.4. The quantitative estimate of drug-likeness (QED) is 0.113. The average Bonchev–Trinajstić information content (AvgIpc) is 3.42. The minimum atomic E-state index is -0.265. The Balaban J connectivity index is 1.23. The van der Waals surface area contributed by atoms with Gasteiger partial charge in [-0.15, -0.1) is 0 Å². The summed E-state index contributed by atoms with van der Waals surface area (Å²) in [4.78, 5) is 71.0. The first kappa shape index (κ1) is 41.7. The normalized spacial score (nSPS) is 13.9. The lowest BCUT2D eigenvalue weighted by Gasteiger charge is -2.44. The summed E-state index contributed by atoms with van der Waals surface area (Å²) in [5.41, 5.74) is 21.7. The molecule has 0 fully saturated rings. The summed E-state index contributed by atoms with van der Waals surface area (Å²) in [6, 6.07) is 59.4. The zero-order valence-corrected chi connectivity index (χ0v) is 36.4. The molecule has 0 saturated heterocycles. The first-order valence-electron chi connectivity index (χ1n) is 22.3. The van der Waals surface area contributed by atoms with E-state index < -0.39 is 0 Å². The Bertz CT molecular complexity index is 2900. The molecule has 0 spiro atoms. The highest BCUT2D eigenvalue weighted by atomic mass is 16.1. The average molecular weight is 879 g/mol. The molecule has 68 heavy (non-hydrogen) atoms. The third-order valence-electron chi connectivity index (χ3n) is 13.7. The van der Waals surface area contributed by atoms with Gasteiger partial charge in [-0.25, -0.2) is 0 Å². The third-order valence-corrected chi connectivity index (χ3v) is 13.7. The molecule has 2 bridgehead atoms. The number of carbonyl (C=O) groups excluding carboxylic acids is 6. The fourth-order valence-corrected chi connectivity index (χ4v) is 10.3. The number of aldehydes is 6. The number of carbonyl (C=O) groups is 6. The molecule has 0 atom stereocenters. The lowest BCUT2D eigenvalue weighted by molar-refractivity contribution is 0.111. The lowest BCUT2D eigenvalue weighted by atomic mass is 9.59. The van der Waals surface area contributed by atoms with Gasteiger partial charge in [0, 0.05) is 45.2 Å². The molecule has 3 aliphatic carbocycles. The van der Waals surface area contributed by atoms with Crippen molar-refractivity contribution in [1.82, 2.24) is 0 Å². The van der Waals surface area contributed by atoms with Crippen LogP contribution in [0, 0.1) is 0 Å². The second-order valence-corrected chi connectivity index (χ2v) is 17.4. The largest absolute Gasteiger partial charge is 0.298 e. The molecule has 12 rings (SSSR count). The molecule has 9 aromatic rings. The van der Waals surface area contributed by atoms with E-state index in [9.17, 15) is 28.8 Å². The maximum Gasteiger partial charge on any atom is 0.150 e. The molecule has 6 nitrogen and oxygen atoms in total. The molecule has 0 amide bonds. The third kappa shape index (κ3) is 7.07. The second kappa shape index (κ2) is 17.1. The number of hydrogen-bond donors (Lipinski definition) is 0. The molecule has 0 N–H and O–H groups in total. The number of hydrogen-bond acceptors (Lipinski definition) is 6. The summed E-state index contributed by atoms with van der Waals surface area (Å²) in [7, 11) is 0. The Labute approximate surface area is 392 Å². The molecule has 0 heterocycles. The molecule has 3 aliphatic rings. The second-order valence-electron chi connectivity index (χ2n) is 17.4. The topological polar surface area (TPSA) is 102 Å². The van der Waals surface area contributed by atoms with Crippen molar-refractivity contribution in [2.75, 3.05) is 0 Å². The Morgan fingerprint density at radius 1 is 0.206 bits per heavy atom. The predicted molar refractivity (Wildman–Crippen MR) is 266 cm³/mol. The molecule has 9 aromatic carbocycles. The predicted octanol–water partition coefficient (Wildman–Crippen LogP) is 13.6. The minimum absolute atomic E-state index is 0.265. The van der Waals surface area contributed by atoms with Crippen LogP contribution in [0.3, 0.4) is 0 Å². The van der Waals surface area contributed by atoms with Crippen LogP contribution >= 0.6 is 0 Å². The molecule has 6 heteroatoms. The van der Waals surface area contributed by atoms with Gasteiger partial charge < -0.3 is 0 Å². The van der Waals surface area contributed by atoms with Crippen molar-refractivity contribution in [3.05, 3.63) is 249 Å². The van der Waals surface area contributed by atoms with E-state index >= 15 is 0 Å². The highest BCUT2D eigenvalue weighted by molar-refractivity contribution is 5.94. The molecule has 0 unspecified atom stereocenters. The zero-order valence-electron chi connectivity index (χ0n) is 36.4. The van der Waals surface area contributed by atoms with Crippen molar-refractivity contribution in [3.63, 3.8) is 0 Å².